The fourth-order valence-electron chi connectivity index (χ4n) is 4.29. The topological polar surface area (TPSA) is 65.6 Å². The van der Waals surface area contributed by atoms with E-state index in [9.17, 15) is 4.79 Å². The summed E-state index contributed by atoms with van der Waals surface area (Å²) in [5.41, 5.74) is 5.91. The molecule has 0 spiro atoms. The minimum absolute atomic E-state index is 0.0584. The maximum Gasteiger partial charge on any atom is 0.265 e. The van der Waals surface area contributed by atoms with Crippen molar-refractivity contribution in [1.82, 2.24) is 24.1 Å². The summed E-state index contributed by atoms with van der Waals surface area (Å²) >= 11 is 0. The van der Waals surface area contributed by atoms with Crippen molar-refractivity contribution in [1.29, 1.82) is 0 Å². The van der Waals surface area contributed by atoms with E-state index >= 15 is 0 Å². The Labute approximate surface area is 186 Å². The first-order chi connectivity index (χ1) is 15.6. The van der Waals surface area contributed by atoms with E-state index in [2.05, 4.69) is 42.7 Å². The molecule has 3 aromatic heterocycles. The van der Waals surface area contributed by atoms with Gasteiger partial charge in [0.15, 0.2) is 11.3 Å². The Kier molecular flexibility index (Phi) is 5.21. The van der Waals surface area contributed by atoms with Gasteiger partial charge in [0.2, 0.25) is 0 Å². The number of fused-ring (bicyclic) bond motifs is 4. The second kappa shape index (κ2) is 8.19. The van der Waals surface area contributed by atoms with E-state index in [4.69, 9.17) is 15.0 Å². The molecule has 2 aromatic carbocycles. The lowest BCUT2D eigenvalue weighted by atomic mass is 10.1. The number of para-hydroxylation sites is 2. The minimum atomic E-state index is -0.0584. The average molecular weight is 426 g/mol. The third-order valence-electron chi connectivity index (χ3n) is 6.09. The molecule has 0 aliphatic rings. The molecule has 0 aliphatic carbocycles. The monoisotopic (exact) mass is 425 g/mol. The predicted molar refractivity (Wildman–Crippen MR) is 129 cm³/mol. The summed E-state index contributed by atoms with van der Waals surface area (Å²) in [6.45, 7) is 7.41. The van der Waals surface area contributed by atoms with Gasteiger partial charge in [-0.05, 0) is 38.0 Å². The Balaban J connectivity index is 1.77. The zero-order valence-electron chi connectivity index (χ0n) is 18.8. The van der Waals surface area contributed by atoms with E-state index in [0.717, 1.165) is 48.1 Å². The number of hydrogen-bond acceptors (Lipinski definition) is 4. The van der Waals surface area contributed by atoms with Crippen molar-refractivity contribution in [3.8, 4) is 0 Å². The summed E-state index contributed by atoms with van der Waals surface area (Å²) in [7, 11) is 0. The Morgan fingerprint density at radius 2 is 1.53 bits per heavy atom. The molecular weight excluding hydrogens is 398 g/mol. The van der Waals surface area contributed by atoms with Crippen LogP contribution in [0.15, 0.2) is 53.3 Å². The van der Waals surface area contributed by atoms with Gasteiger partial charge in [0.1, 0.15) is 16.7 Å². The summed E-state index contributed by atoms with van der Waals surface area (Å²) in [4.78, 5) is 28.4. The highest BCUT2D eigenvalue weighted by molar-refractivity contribution is 6.04. The van der Waals surface area contributed by atoms with Crippen molar-refractivity contribution in [2.75, 3.05) is 0 Å². The SMILES string of the molecule is CCCCCn1c2nc3ccccc3nc2c2c(=O)n(Cc3ccc(C)cc3)c(C)nc21. The normalized spacial score (nSPS) is 11.7. The molecule has 0 saturated heterocycles. The lowest BCUT2D eigenvalue weighted by Gasteiger charge is -2.11. The Bertz CT molecular complexity index is 1500. The molecule has 6 heteroatoms. The quantitative estimate of drug-likeness (QED) is 0.353. The standard InChI is InChI=1S/C26H27N5O/c1-4-5-8-15-30-24-22(23-25(30)29-21-10-7-6-9-20(21)28-23)26(32)31(18(3)27-24)16-19-13-11-17(2)12-14-19/h6-7,9-14H,4-5,8,15-16H2,1-3H3. The molecule has 0 saturated carbocycles. The van der Waals surface area contributed by atoms with E-state index in [0.29, 0.717) is 28.9 Å². The van der Waals surface area contributed by atoms with Crippen LogP contribution in [0.25, 0.3) is 33.2 Å². The molecule has 0 N–H and O–H groups in total. The minimum Gasteiger partial charge on any atom is -0.308 e. The van der Waals surface area contributed by atoms with Crippen LogP contribution in [0, 0.1) is 13.8 Å². The second-order valence-electron chi connectivity index (χ2n) is 8.48. The molecule has 5 aromatic rings. The van der Waals surface area contributed by atoms with Gasteiger partial charge in [-0.2, -0.15) is 0 Å². The summed E-state index contributed by atoms with van der Waals surface area (Å²) < 4.78 is 3.84. The van der Waals surface area contributed by atoms with Gasteiger partial charge in [0, 0.05) is 6.54 Å². The molecule has 0 fully saturated rings. The maximum absolute atomic E-state index is 13.8. The molecule has 0 atom stereocenters. The lowest BCUT2D eigenvalue weighted by molar-refractivity contribution is 0.619. The number of nitrogens with zero attached hydrogens (tertiary/aromatic N) is 5. The van der Waals surface area contributed by atoms with Crippen molar-refractivity contribution >= 4 is 33.2 Å². The van der Waals surface area contributed by atoms with E-state index in [-0.39, 0.29) is 5.56 Å². The number of aryl methyl sites for hydroxylation is 3. The van der Waals surface area contributed by atoms with E-state index < -0.39 is 0 Å². The predicted octanol–water partition coefficient (Wildman–Crippen LogP) is 5.15. The van der Waals surface area contributed by atoms with Gasteiger partial charge in [0.05, 0.1) is 17.6 Å². The van der Waals surface area contributed by atoms with Crippen molar-refractivity contribution in [2.24, 2.45) is 0 Å². The molecule has 162 valence electrons. The molecule has 32 heavy (non-hydrogen) atoms. The molecule has 0 radical (unpaired) electrons. The van der Waals surface area contributed by atoms with Gasteiger partial charge in [-0.3, -0.25) is 9.36 Å². The zero-order valence-corrected chi connectivity index (χ0v) is 18.8. The van der Waals surface area contributed by atoms with Crippen LogP contribution < -0.4 is 5.56 Å². The number of unbranched alkanes of at least 4 members (excludes halogenated alkanes) is 2. The molecular formula is C26H27N5O. The molecule has 0 unspecified atom stereocenters. The average Bonchev–Trinajstić information content (AvgIpc) is 3.09. The summed E-state index contributed by atoms with van der Waals surface area (Å²) in [6.07, 6.45) is 3.25. The Morgan fingerprint density at radius 1 is 0.812 bits per heavy atom. The van der Waals surface area contributed by atoms with Crippen molar-refractivity contribution in [3.05, 3.63) is 75.8 Å². The molecule has 0 bridgehead atoms. The number of benzene rings is 2. The fraction of sp³-hybridized carbons (Fsp3) is 0.308. The maximum atomic E-state index is 13.8. The van der Waals surface area contributed by atoms with E-state index in [1.54, 1.807) is 4.57 Å². The third-order valence-corrected chi connectivity index (χ3v) is 6.09. The smallest absolute Gasteiger partial charge is 0.265 e. The highest BCUT2D eigenvalue weighted by Gasteiger charge is 2.21. The molecule has 0 aliphatic heterocycles. The fourth-order valence-corrected chi connectivity index (χ4v) is 4.29. The van der Waals surface area contributed by atoms with Gasteiger partial charge >= 0.3 is 0 Å². The van der Waals surface area contributed by atoms with Crippen LogP contribution in [0.5, 0.6) is 0 Å². The zero-order chi connectivity index (χ0) is 22.2. The van der Waals surface area contributed by atoms with Crippen LogP contribution in [-0.4, -0.2) is 24.1 Å². The molecule has 0 amide bonds. The number of aromatic nitrogens is 5. The van der Waals surface area contributed by atoms with Gasteiger partial charge in [-0.15, -0.1) is 0 Å². The highest BCUT2D eigenvalue weighted by Crippen LogP contribution is 2.26. The van der Waals surface area contributed by atoms with Gasteiger partial charge in [-0.25, -0.2) is 15.0 Å². The van der Waals surface area contributed by atoms with Crippen LogP contribution in [0.2, 0.25) is 0 Å². The van der Waals surface area contributed by atoms with Crippen LogP contribution >= 0.6 is 0 Å². The largest absolute Gasteiger partial charge is 0.308 e. The first kappa shape index (κ1) is 20.4. The van der Waals surface area contributed by atoms with Gasteiger partial charge in [0.25, 0.3) is 5.56 Å². The Morgan fingerprint density at radius 3 is 2.25 bits per heavy atom. The molecule has 3 heterocycles. The first-order valence-electron chi connectivity index (χ1n) is 11.3. The van der Waals surface area contributed by atoms with Crippen LogP contribution in [0.4, 0.5) is 0 Å². The molecule has 6 nitrogen and oxygen atoms in total. The Hall–Kier alpha value is -3.54. The van der Waals surface area contributed by atoms with Crippen LogP contribution in [0.1, 0.15) is 43.1 Å². The second-order valence-corrected chi connectivity index (χ2v) is 8.48. The first-order valence-corrected chi connectivity index (χ1v) is 11.3. The van der Waals surface area contributed by atoms with Gasteiger partial charge < -0.3 is 4.57 Å². The lowest BCUT2D eigenvalue weighted by Crippen LogP contribution is -2.24. The van der Waals surface area contributed by atoms with E-state index in [1.165, 1.54) is 5.56 Å². The number of hydrogen-bond donors (Lipinski definition) is 0. The van der Waals surface area contributed by atoms with Crippen molar-refractivity contribution in [3.63, 3.8) is 0 Å². The highest BCUT2D eigenvalue weighted by atomic mass is 16.1. The summed E-state index contributed by atoms with van der Waals surface area (Å²) in [6, 6.07) is 16.1. The van der Waals surface area contributed by atoms with Crippen molar-refractivity contribution in [2.45, 2.75) is 53.1 Å². The third kappa shape index (κ3) is 3.45. The molecule has 5 rings (SSSR count). The summed E-state index contributed by atoms with van der Waals surface area (Å²) in [5, 5.41) is 0.562. The number of rotatable bonds is 6. The van der Waals surface area contributed by atoms with Crippen molar-refractivity contribution < 1.29 is 0 Å². The van der Waals surface area contributed by atoms with Crippen LogP contribution in [-0.2, 0) is 13.1 Å². The van der Waals surface area contributed by atoms with E-state index in [1.807, 2.05) is 31.2 Å². The summed E-state index contributed by atoms with van der Waals surface area (Å²) in [5.74, 6) is 0.701. The van der Waals surface area contributed by atoms with Gasteiger partial charge in [-0.1, -0.05) is 61.7 Å². The van der Waals surface area contributed by atoms with Crippen LogP contribution in [0.3, 0.4) is 0 Å².